The van der Waals surface area contributed by atoms with Gasteiger partial charge in [-0.25, -0.2) is 0 Å². The molecule has 2 heteroatoms. The fourth-order valence-electron chi connectivity index (χ4n) is 2.61. The van der Waals surface area contributed by atoms with Crippen LogP contribution in [-0.4, -0.2) is 30.7 Å². The van der Waals surface area contributed by atoms with Crippen molar-refractivity contribution in [1.29, 1.82) is 0 Å². The predicted molar refractivity (Wildman–Crippen MR) is 55.5 cm³/mol. The third-order valence-electron chi connectivity index (χ3n) is 3.70. The minimum Gasteiger partial charge on any atom is -0.301 e. The van der Waals surface area contributed by atoms with Crippen molar-refractivity contribution in [2.24, 2.45) is 11.8 Å². The zero-order valence-corrected chi connectivity index (χ0v) is 8.92. The zero-order chi connectivity index (χ0) is 9.26. The lowest BCUT2D eigenvalue weighted by atomic mass is 9.97. The Morgan fingerprint density at radius 2 is 1.77 bits per heavy atom. The van der Waals surface area contributed by atoms with Gasteiger partial charge in [0.25, 0.3) is 0 Å². The molecule has 0 aromatic heterocycles. The van der Waals surface area contributed by atoms with E-state index >= 15 is 0 Å². The van der Waals surface area contributed by atoms with E-state index in [2.05, 4.69) is 24.1 Å². The summed E-state index contributed by atoms with van der Waals surface area (Å²) in [5.74, 6) is 1.81. The Kier molecular flexibility index (Phi) is 2.89. The summed E-state index contributed by atoms with van der Waals surface area (Å²) in [5.41, 5.74) is 0. The van der Waals surface area contributed by atoms with Gasteiger partial charge in [0.15, 0.2) is 0 Å². The summed E-state index contributed by atoms with van der Waals surface area (Å²) in [6, 6.07) is 0. The van der Waals surface area contributed by atoms with Crippen LogP contribution in [0.3, 0.4) is 0 Å². The van der Waals surface area contributed by atoms with E-state index in [1.807, 2.05) is 0 Å². The second-order valence-electron chi connectivity index (χ2n) is 4.88. The highest BCUT2D eigenvalue weighted by Crippen LogP contribution is 2.23. The lowest BCUT2D eigenvalue weighted by molar-refractivity contribution is 0.105. The van der Waals surface area contributed by atoms with Crippen molar-refractivity contribution in [1.82, 2.24) is 10.2 Å². The molecule has 2 rings (SSSR count). The minimum absolute atomic E-state index is 0.688. The summed E-state index contributed by atoms with van der Waals surface area (Å²) in [6.07, 6.45) is 4.83. The molecule has 0 amide bonds. The Morgan fingerprint density at radius 1 is 1.08 bits per heavy atom. The van der Waals surface area contributed by atoms with E-state index in [9.17, 15) is 0 Å². The van der Waals surface area contributed by atoms with Crippen LogP contribution in [0.2, 0.25) is 0 Å². The molecule has 2 heterocycles. The van der Waals surface area contributed by atoms with E-state index in [0.717, 1.165) is 11.8 Å². The molecule has 2 saturated heterocycles. The monoisotopic (exact) mass is 182 g/mol. The van der Waals surface area contributed by atoms with E-state index in [-0.39, 0.29) is 0 Å². The highest BCUT2D eigenvalue weighted by atomic mass is 15.3. The normalized spacial score (nSPS) is 38.3. The molecule has 2 aliphatic rings. The molecule has 2 nitrogen and oxygen atoms in total. The fourth-order valence-corrected chi connectivity index (χ4v) is 2.61. The summed E-state index contributed by atoms with van der Waals surface area (Å²) < 4.78 is 0. The van der Waals surface area contributed by atoms with Crippen molar-refractivity contribution < 1.29 is 0 Å². The molecule has 2 atom stereocenters. The van der Waals surface area contributed by atoms with Gasteiger partial charge in [-0.3, -0.25) is 4.90 Å². The summed E-state index contributed by atoms with van der Waals surface area (Å²) in [6.45, 7) is 8.59. The Balaban J connectivity index is 1.86. The molecule has 0 bridgehead atoms. The van der Waals surface area contributed by atoms with Crippen molar-refractivity contribution in [3.63, 3.8) is 0 Å². The molecule has 0 aromatic carbocycles. The first kappa shape index (κ1) is 9.47. The average molecular weight is 182 g/mol. The Morgan fingerprint density at radius 3 is 2.31 bits per heavy atom. The van der Waals surface area contributed by atoms with Crippen LogP contribution in [0.1, 0.15) is 33.1 Å². The molecule has 76 valence electrons. The maximum absolute atomic E-state index is 3.62. The predicted octanol–water partition coefficient (Wildman–Crippen LogP) is 1.67. The van der Waals surface area contributed by atoms with E-state index in [1.165, 1.54) is 38.9 Å². The second-order valence-corrected chi connectivity index (χ2v) is 4.88. The van der Waals surface area contributed by atoms with Gasteiger partial charge in [0.05, 0.1) is 6.17 Å². The van der Waals surface area contributed by atoms with E-state index in [1.54, 1.807) is 0 Å². The van der Waals surface area contributed by atoms with Crippen LogP contribution in [0.25, 0.3) is 0 Å². The maximum atomic E-state index is 3.62. The number of hydrogen-bond donors (Lipinski definition) is 1. The van der Waals surface area contributed by atoms with Gasteiger partial charge in [-0.1, -0.05) is 13.8 Å². The Hall–Kier alpha value is -0.0800. The van der Waals surface area contributed by atoms with E-state index < -0.39 is 0 Å². The highest BCUT2D eigenvalue weighted by molar-refractivity contribution is 4.83. The second kappa shape index (κ2) is 3.97. The first-order valence-electron chi connectivity index (χ1n) is 5.75. The highest BCUT2D eigenvalue weighted by Gasteiger charge is 2.30. The quantitative estimate of drug-likeness (QED) is 0.663. The van der Waals surface area contributed by atoms with Crippen molar-refractivity contribution >= 4 is 0 Å². The zero-order valence-electron chi connectivity index (χ0n) is 8.92. The van der Waals surface area contributed by atoms with Gasteiger partial charge in [0.1, 0.15) is 0 Å². The first-order chi connectivity index (χ1) is 6.27. The number of nitrogens with one attached hydrogen (secondary N) is 1. The van der Waals surface area contributed by atoms with Crippen LogP contribution in [0, 0.1) is 11.8 Å². The van der Waals surface area contributed by atoms with Crippen LogP contribution >= 0.6 is 0 Å². The Labute approximate surface area is 81.7 Å². The third-order valence-corrected chi connectivity index (χ3v) is 3.70. The van der Waals surface area contributed by atoms with Gasteiger partial charge in [-0.05, 0) is 50.7 Å². The molecule has 0 aliphatic carbocycles. The summed E-state index contributed by atoms with van der Waals surface area (Å²) in [5, 5.41) is 3.62. The molecule has 2 fully saturated rings. The van der Waals surface area contributed by atoms with Crippen LogP contribution < -0.4 is 5.32 Å². The number of likely N-dealkylation sites (tertiary alicyclic amines) is 1. The lowest BCUT2D eigenvalue weighted by Crippen LogP contribution is -2.48. The molecular weight excluding hydrogens is 160 g/mol. The van der Waals surface area contributed by atoms with Crippen molar-refractivity contribution in [2.45, 2.75) is 39.3 Å². The molecule has 13 heavy (non-hydrogen) atoms. The first-order valence-corrected chi connectivity index (χ1v) is 5.75. The standard InChI is InChI=1S/C11H22N2/c1-9-4-7-13(8-5-9)11-10(2)3-6-12-11/h9-12H,3-8H2,1-2H3. The number of hydrogen-bond acceptors (Lipinski definition) is 2. The smallest absolute Gasteiger partial charge is 0.0623 e. The van der Waals surface area contributed by atoms with Crippen LogP contribution in [0.15, 0.2) is 0 Å². The maximum Gasteiger partial charge on any atom is 0.0623 e. The van der Waals surface area contributed by atoms with Crippen LogP contribution in [-0.2, 0) is 0 Å². The van der Waals surface area contributed by atoms with Gasteiger partial charge in [0, 0.05) is 0 Å². The SMILES string of the molecule is CC1CCN(C2NCCC2C)CC1. The minimum atomic E-state index is 0.688. The number of rotatable bonds is 1. The molecule has 0 saturated carbocycles. The Bertz CT molecular complexity index is 161. The molecule has 0 aromatic rings. The lowest BCUT2D eigenvalue weighted by Gasteiger charge is -2.36. The van der Waals surface area contributed by atoms with Crippen molar-refractivity contribution in [2.75, 3.05) is 19.6 Å². The van der Waals surface area contributed by atoms with Crippen molar-refractivity contribution in [3.05, 3.63) is 0 Å². The number of piperidine rings is 1. The summed E-state index contributed by atoms with van der Waals surface area (Å²) in [7, 11) is 0. The summed E-state index contributed by atoms with van der Waals surface area (Å²) in [4.78, 5) is 2.65. The average Bonchev–Trinajstić information content (AvgIpc) is 2.53. The molecule has 2 unspecified atom stereocenters. The largest absolute Gasteiger partial charge is 0.301 e. The van der Waals surface area contributed by atoms with E-state index in [0.29, 0.717) is 6.17 Å². The molecule has 2 aliphatic heterocycles. The van der Waals surface area contributed by atoms with Gasteiger partial charge in [-0.2, -0.15) is 0 Å². The summed E-state index contributed by atoms with van der Waals surface area (Å²) >= 11 is 0. The molecule has 0 spiro atoms. The molecule has 1 N–H and O–H groups in total. The van der Waals surface area contributed by atoms with Crippen LogP contribution in [0.5, 0.6) is 0 Å². The topological polar surface area (TPSA) is 15.3 Å². The van der Waals surface area contributed by atoms with Crippen molar-refractivity contribution in [3.8, 4) is 0 Å². The van der Waals surface area contributed by atoms with Gasteiger partial charge >= 0.3 is 0 Å². The third kappa shape index (κ3) is 2.05. The molecular formula is C11H22N2. The fraction of sp³-hybridized carbons (Fsp3) is 1.00. The molecule has 0 radical (unpaired) electrons. The van der Waals surface area contributed by atoms with Gasteiger partial charge < -0.3 is 5.32 Å². The van der Waals surface area contributed by atoms with Gasteiger partial charge in [-0.15, -0.1) is 0 Å². The number of nitrogens with zero attached hydrogens (tertiary/aromatic N) is 1. The van der Waals surface area contributed by atoms with Gasteiger partial charge in [0.2, 0.25) is 0 Å². The van der Waals surface area contributed by atoms with E-state index in [4.69, 9.17) is 0 Å². The van der Waals surface area contributed by atoms with Crippen LogP contribution in [0.4, 0.5) is 0 Å².